The molecule has 0 radical (unpaired) electrons. The quantitative estimate of drug-likeness (QED) is 0.267. The molecule has 0 saturated carbocycles. The molecule has 10 heteroatoms. The van der Waals surface area contributed by atoms with E-state index in [1.54, 1.807) is 12.3 Å². The summed E-state index contributed by atoms with van der Waals surface area (Å²) >= 11 is 3.70. The highest BCUT2D eigenvalue weighted by atomic mass is 79.9. The summed E-state index contributed by atoms with van der Waals surface area (Å²) < 4.78 is 22.4. The third-order valence-electron chi connectivity index (χ3n) is 8.68. The van der Waals surface area contributed by atoms with Gasteiger partial charge in [0.25, 0.3) is 0 Å². The van der Waals surface area contributed by atoms with Crippen molar-refractivity contribution in [1.82, 2.24) is 9.80 Å². The van der Waals surface area contributed by atoms with Crippen LogP contribution >= 0.6 is 15.9 Å². The zero-order valence-electron chi connectivity index (χ0n) is 26.4. The number of ether oxygens (including phenoxy) is 4. The Morgan fingerprint density at radius 2 is 1.51 bits per heavy atom. The number of benzene rings is 3. The highest BCUT2D eigenvalue weighted by molar-refractivity contribution is 9.10. The summed E-state index contributed by atoms with van der Waals surface area (Å²) in [5.41, 5.74) is 5.49. The lowest BCUT2D eigenvalue weighted by Gasteiger charge is -2.32. The van der Waals surface area contributed by atoms with Crippen LogP contribution in [0.2, 0.25) is 0 Å². The maximum Gasteiger partial charge on any atom is 0.340 e. The first kappa shape index (κ1) is 32.6. The first-order valence-corrected chi connectivity index (χ1v) is 16.3. The molecule has 3 aromatic carbocycles. The minimum Gasteiger partial charge on any atom is -0.465 e. The minimum atomic E-state index is -0.673. The molecule has 3 aliphatic heterocycles. The second kappa shape index (κ2) is 14.6. The van der Waals surface area contributed by atoms with Gasteiger partial charge in [-0.25, -0.2) is 9.59 Å². The van der Waals surface area contributed by atoms with E-state index < -0.39 is 11.9 Å². The molecule has 9 nitrogen and oxygen atoms in total. The molecule has 1 N–H and O–H groups in total. The average Bonchev–Trinajstić information content (AvgIpc) is 3.78. The lowest BCUT2D eigenvalue weighted by Crippen LogP contribution is -2.27. The van der Waals surface area contributed by atoms with Gasteiger partial charge in [0.15, 0.2) is 11.5 Å². The molecule has 0 bridgehead atoms. The van der Waals surface area contributed by atoms with E-state index in [4.69, 9.17) is 18.9 Å². The number of hydrogen-bond donors (Lipinski definition) is 1. The van der Waals surface area contributed by atoms with Crippen molar-refractivity contribution in [2.24, 2.45) is 0 Å². The summed E-state index contributed by atoms with van der Waals surface area (Å²) in [6.45, 7) is 3.50. The van der Waals surface area contributed by atoms with Crippen molar-refractivity contribution < 1.29 is 33.6 Å². The number of esters is 2. The van der Waals surface area contributed by atoms with Crippen molar-refractivity contribution in [2.75, 3.05) is 34.1 Å². The Hall–Kier alpha value is -4.38. The van der Waals surface area contributed by atoms with E-state index in [1.165, 1.54) is 32.6 Å². The van der Waals surface area contributed by atoms with Crippen molar-refractivity contribution in [1.29, 1.82) is 0 Å². The molecule has 1 atom stereocenters. The zero-order chi connectivity index (χ0) is 32.9. The smallest absolute Gasteiger partial charge is 0.340 e. The van der Waals surface area contributed by atoms with Crippen LogP contribution in [0.25, 0.3) is 5.57 Å². The van der Waals surface area contributed by atoms with Crippen molar-refractivity contribution in [3.8, 4) is 11.5 Å². The maximum absolute atomic E-state index is 13.4. The van der Waals surface area contributed by atoms with Gasteiger partial charge in [0.2, 0.25) is 6.79 Å². The predicted molar refractivity (Wildman–Crippen MR) is 180 cm³/mol. The van der Waals surface area contributed by atoms with Gasteiger partial charge in [-0.2, -0.15) is 0 Å². The van der Waals surface area contributed by atoms with Crippen LogP contribution in [0.1, 0.15) is 46.7 Å². The molecule has 1 fully saturated rings. The second-order valence-electron chi connectivity index (χ2n) is 11.7. The van der Waals surface area contributed by atoms with Crippen molar-refractivity contribution >= 4 is 33.4 Å². The van der Waals surface area contributed by atoms with Crippen LogP contribution in [0, 0.1) is 0 Å². The number of likely N-dealkylation sites (tertiary alicyclic amines) is 1. The number of carbonyl (C=O) groups is 2. The molecule has 0 aromatic heterocycles. The lowest BCUT2D eigenvalue weighted by atomic mass is 9.92. The fourth-order valence-corrected chi connectivity index (χ4v) is 6.57. The molecule has 244 valence electrons. The normalized spacial score (nSPS) is 17.7. The van der Waals surface area contributed by atoms with Gasteiger partial charge in [0.1, 0.15) is 0 Å². The monoisotopic (exact) mass is 700 g/mol. The van der Waals surface area contributed by atoms with Gasteiger partial charge < -0.3 is 29.0 Å². The summed E-state index contributed by atoms with van der Waals surface area (Å²) in [6.07, 6.45) is 7.89. The summed E-state index contributed by atoms with van der Waals surface area (Å²) in [4.78, 5) is 31.1. The van der Waals surface area contributed by atoms with E-state index in [2.05, 4.69) is 51.2 Å². The van der Waals surface area contributed by atoms with Crippen LogP contribution in [0.3, 0.4) is 0 Å². The molecular formula is C37H37BrN2O7. The van der Waals surface area contributed by atoms with Crippen molar-refractivity contribution in [2.45, 2.75) is 38.6 Å². The highest BCUT2D eigenvalue weighted by Gasteiger charge is 2.30. The van der Waals surface area contributed by atoms with Gasteiger partial charge in [-0.15, -0.1) is 0 Å². The van der Waals surface area contributed by atoms with Gasteiger partial charge in [-0.3, -0.25) is 4.90 Å². The Kier molecular flexibility index (Phi) is 10.1. The molecule has 3 aliphatic rings. The van der Waals surface area contributed by atoms with E-state index in [-0.39, 0.29) is 30.6 Å². The summed E-state index contributed by atoms with van der Waals surface area (Å²) in [5, 5.41) is 9.67. The highest BCUT2D eigenvalue weighted by Crippen LogP contribution is 2.40. The van der Waals surface area contributed by atoms with Crippen LogP contribution < -0.4 is 9.47 Å². The van der Waals surface area contributed by atoms with E-state index in [9.17, 15) is 14.7 Å². The topological polar surface area (TPSA) is 97.8 Å². The van der Waals surface area contributed by atoms with Crippen LogP contribution in [0.5, 0.6) is 11.5 Å². The summed E-state index contributed by atoms with van der Waals surface area (Å²) in [6, 6.07) is 19.4. The van der Waals surface area contributed by atoms with E-state index >= 15 is 0 Å². The Bertz CT molecular complexity index is 1720. The van der Waals surface area contributed by atoms with E-state index in [1.807, 2.05) is 41.3 Å². The molecule has 0 aliphatic carbocycles. The molecule has 1 unspecified atom stereocenters. The SMILES string of the molecule is COC(=O)C1=CC(c2ccc(CO)cc2)=CC(c2ccc(CN3CCCC3)cc2)N(Cc2cc3c(cc2Br)OCO3)C=C1C(=O)OC. The fourth-order valence-electron chi connectivity index (χ4n) is 6.12. The van der Waals surface area contributed by atoms with Gasteiger partial charge in [-0.05, 0) is 83.6 Å². The molecule has 1 saturated heterocycles. The van der Waals surface area contributed by atoms with Gasteiger partial charge in [0.05, 0.1) is 38.0 Å². The number of aliphatic hydroxyl groups is 1. The number of hydrogen-bond acceptors (Lipinski definition) is 9. The molecule has 6 rings (SSSR count). The maximum atomic E-state index is 13.4. The van der Waals surface area contributed by atoms with Gasteiger partial charge in [0, 0.05) is 23.8 Å². The fraction of sp³-hybridized carbons (Fsp3) is 0.297. The average molecular weight is 702 g/mol. The van der Waals surface area contributed by atoms with Crippen molar-refractivity contribution in [3.05, 3.63) is 122 Å². The molecule has 0 spiro atoms. The molecular weight excluding hydrogens is 664 g/mol. The number of methoxy groups -OCH3 is 2. The molecule has 3 aromatic rings. The minimum absolute atomic E-state index is 0.0597. The first-order chi connectivity index (χ1) is 22.9. The Labute approximate surface area is 282 Å². The number of carbonyl (C=O) groups excluding carboxylic acids is 2. The number of rotatable bonds is 9. The van der Waals surface area contributed by atoms with Gasteiger partial charge >= 0.3 is 11.9 Å². The Balaban J connectivity index is 1.52. The molecule has 47 heavy (non-hydrogen) atoms. The van der Waals surface area contributed by atoms with Crippen LogP contribution in [0.4, 0.5) is 0 Å². The zero-order valence-corrected chi connectivity index (χ0v) is 28.0. The third kappa shape index (κ3) is 7.30. The van der Waals surface area contributed by atoms with Crippen LogP contribution in [0.15, 0.2) is 94.6 Å². The Morgan fingerprint density at radius 1 is 0.872 bits per heavy atom. The summed E-state index contributed by atoms with van der Waals surface area (Å²) in [5.74, 6) is -0.0688. The summed E-state index contributed by atoms with van der Waals surface area (Å²) in [7, 11) is 2.57. The van der Waals surface area contributed by atoms with E-state index in [0.717, 1.165) is 46.4 Å². The standard InChI is InChI=1S/C37H37BrN2O7/c1-44-36(42)30-15-28(26-9-7-25(22-41)8-10-26)16-33(27-11-5-24(6-12-27)19-39-13-3-4-14-39)40(21-31(30)37(43)45-2)20-29-17-34-35(18-32(29)38)47-23-46-34/h5-12,15-18,21,33,41H,3-4,13-14,19-20,22-23H2,1-2H3. The molecule has 0 amide bonds. The Morgan fingerprint density at radius 3 is 2.17 bits per heavy atom. The predicted octanol–water partition coefficient (Wildman–Crippen LogP) is 6.06. The number of halogens is 1. The third-order valence-corrected chi connectivity index (χ3v) is 9.42. The molecule has 3 heterocycles. The van der Waals surface area contributed by atoms with Crippen LogP contribution in [-0.4, -0.2) is 60.9 Å². The lowest BCUT2D eigenvalue weighted by molar-refractivity contribution is -0.139. The number of fused-ring (bicyclic) bond motifs is 1. The second-order valence-corrected chi connectivity index (χ2v) is 12.6. The number of allylic oxidation sites excluding steroid dienone is 2. The largest absolute Gasteiger partial charge is 0.465 e. The number of aliphatic hydroxyl groups excluding tert-OH is 1. The van der Waals surface area contributed by atoms with E-state index in [0.29, 0.717) is 23.6 Å². The van der Waals surface area contributed by atoms with Crippen LogP contribution in [-0.2, 0) is 38.8 Å². The number of nitrogens with zero attached hydrogens (tertiary/aromatic N) is 2. The van der Waals surface area contributed by atoms with Gasteiger partial charge in [-0.1, -0.05) is 64.5 Å². The van der Waals surface area contributed by atoms with Crippen molar-refractivity contribution in [3.63, 3.8) is 0 Å². The first-order valence-electron chi connectivity index (χ1n) is 15.5.